The van der Waals surface area contributed by atoms with Gasteiger partial charge in [0.2, 0.25) is 0 Å². The maximum absolute atomic E-state index is 6.36. The second-order valence-electron chi connectivity index (χ2n) is 16.6. The zero-order chi connectivity index (χ0) is 38.5. The van der Waals surface area contributed by atoms with E-state index in [4.69, 9.17) is 33.9 Å². The van der Waals surface area contributed by atoms with Gasteiger partial charge in [-0.15, -0.1) is 0 Å². The maximum atomic E-state index is 6.36. The fourth-order valence-corrected chi connectivity index (χ4v) is 7.86. The largest absolute Gasteiger partial charge is 0.444 e. The van der Waals surface area contributed by atoms with Crippen LogP contribution in [0.3, 0.4) is 0 Å². The topological polar surface area (TPSA) is 18.5 Å². The average Bonchev–Trinajstić information content (AvgIpc) is 3.17. The zero-order valence-corrected chi connectivity index (χ0v) is 37.4. The molecule has 53 heavy (non-hydrogen) atoms. The van der Waals surface area contributed by atoms with Gasteiger partial charge in [-0.25, -0.2) is 0 Å². The van der Waals surface area contributed by atoms with Crippen LogP contribution < -0.4 is 0 Å². The Hall–Kier alpha value is -1.00. The molecule has 0 aliphatic rings. The van der Waals surface area contributed by atoms with E-state index in [9.17, 15) is 0 Å². The zero-order valence-electron chi connectivity index (χ0n) is 35.8. The Balaban J connectivity index is 2.16. The predicted octanol–water partition coefficient (Wildman–Crippen LogP) is 17.9. The first-order valence-corrected chi connectivity index (χ1v) is 24.3. The van der Waals surface area contributed by atoms with Crippen molar-refractivity contribution in [3.8, 4) is 0 Å². The molecule has 0 amide bonds. The molecular formula is C49H88O2S2. The molecule has 0 aliphatic heterocycles. The lowest BCUT2D eigenvalue weighted by atomic mass is 10.0. The van der Waals surface area contributed by atoms with Crippen LogP contribution in [0.1, 0.15) is 258 Å². The van der Waals surface area contributed by atoms with Crippen LogP contribution in [0.4, 0.5) is 0 Å². The van der Waals surface area contributed by atoms with Gasteiger partial charge in [0.05, 0.1) is 0 Å². The van der Waals surface area contributed by atoms with E-state index in [1.54, 1.807) is 0 Å². The molecule has 4 heteroatoms. The van der Waals surface area contributed by atoms with Crippen molar-refractivity contribution < 1.29 is 9.47 Å². The van der Waals surface area contributed by atoms with Crippen molar-refractivity contribution in [3.05, 3.63) is 35.9 Å². The summed E-state index contributed by atoms with van der Waals surface area (Å²) in [6.07, 6.45) is 46.1. The van der Waals surface area contributed by atoms with Gasteiger partial charge in [0.1, 0.15) is 0 Å². The van der Waals surface area contributed by atoms with Crippen LogP contribution in [0.15, 0.2) is 30.3 Å². The molecule has 0 N–H and O–H groups in total. The molecule has 0 saturated carbocycles. The molecule has 2 atom stereocenters. The SMILES string of the molecule is CCCCCCCCCCCCCCCCCCC(C)C(=S)OC(OC(=S)C(C)CCCCCCCCCCCCCCCCCC)c1ccccc1. The van der Waals surface area contributed by atoms with E-state index < -0.39 is 6.29 Å². The third-order valence-corrected chi connectivity index (χ3v) is 12.3. The summed E-state index contributed by atoms with van der Waals surface area (Å²) in [5.41, 5.74) is 0.974. The van der Waals surface area contributed by atoms with Crippen LogP contribution in [0.2, 0.25) is 0 Å². The number of thiocarbonyl (C=S) groups is 2. The molecule has 0 bridgehead atoms. The normalized spacial score (nSPS) is 13.1. The van der Waals surface area contributed by atoms with Crippen LogP contribution in [-0.4, -0.2) is 10.1 Å². The standard InChI is InChI=1S/C49H88O2S2/c1-5-7-9-11-13-15-17-19-21-23-25-27-29-31-33-36-40-44(3)48(52)50-47(46-42-38-35-39-43-46)51-49(53)45(4)41-37-34-32-30-28-26-24-22-20-18-16-14-12-10-8-6-2/h35,38-39,42-45,47H,5-34,36-37,40-41H2,1-4H3. The summed E-state index contributed by atoms with van der Waals surface area (Å²) in [5.74, 6) is 0.449. The summed E-state index contributed by atoms with van der Waals surface area (Å²) in [5, 5.41) is 1.29. The smallest absolute Gasteiger partial charge is 0.268 e. The van der Waals surface area contributed by atoms with E-state index in [1.165, 1.54) is 205 Å². The monoisotopic (exact) mass is 773 g/mol. The van der Waals surface area contributed by atoms with Gasteiger partial charge in [-0.2, -0.15) is 0 Å². The van der Waals surface area contributed by atoms with Gasteiger partial charge in [0, 0.05) is 17.4 Å². The average molecular weight is 773 g/mol. The molecule has 0 aliphatic carbocycles. The van der Waals surface area contributed by atoms with Crippen LogP contribution in [0, 0.1) is 11.8 Å². The third kappa shape index (κ3) is 30.9. The summed E-state index contributed by atoms with van der Waals surface area (Å²) < 4.78 is 12.7. The Morgan fingerprint density at radius 2 is 0.642 bits per heavy atom. The lowest BCUT2D eigenvalue weighted by molar-refractivity contribution is -0.0213. The quantitative estimate of drug-likeness (QED) is 0.0377. The Morgan fingerprint density at radius 3 is 0.906 bits per heavy atom. The molecule has 308 valence electrons. The fourth-order valence-electron chi connectivity index (χ4n) is 7.45. The van der Waals surface area contributed by atoms with Crippen LogP contribution in [-0.2, 0) is 9.47 Å². The Labute approximate surface area is 342 Å². The molecule has 2 unspecified atom stereocenters. The van der Waals surface area contributed by atoms with E-state index in [0.717, 1.165) is 18.4 Å². The van der Waals surface area contributed by atoms with Crippen LogP contribution in [0.25, 0.3) is 0 Å². The van der Waals surface area contributed by atoms with Crippen molar-refractivity contribution in [2.24, 2.45) is 11.8 Å². The number of benzene rings is 1. The Morgan fingerprint density at radius 1 is 0.396 bits per heavy atom. The first-order chi connectivity index (χ1) is 26.0. The van der Waals surface area contributed by atoms with Gasteiger partial charge in [-0.05, 0) is 37.3 Å². The van der Waals surface area contributed by atoms with Crippen molar-refractivity contribution >= 4 is 34.5 Å². The predicted molar refractivity (Wildman–Crippen MR) is 243 cm³/mol. The third-order valence-electron chi connectivity index (χ3n) is 11.3. The summed E-state index contributed by atoms with van der Waals surface area (Å²) in [6, 6.07) is 10.2. The maximum Gasteiger partial charge on any atom is 0.268 e. The van der Waals surface area contributed by atoms with Gasteiger partial charge >= 0.3 is 0 Å². The highest BCUT2D eigenvalue weighted by atomic mass is 32.1. The highest BCUT2D eigenvalue weighted by Crippen LogP contribution is 2.26. The minimum absolute atomic E-state index is 0.225. The first kappa shape index (κ1) is 50.0. The molecule has 1 rings (SSSR count). The molecule has 0 spiro atoms. The van der Waals surface area contributed by atoms with E-state index in [-0.39, 0.29) is 11.8 Å². The minimum Gasteiger partial charge on any atom is -0.444 e. The number of ether oxygens (including phenoxy) is 2. The van der Waals surface area contributed by atoms with Gasteiger partial charge < -0.3 is 9.47 Å². The molecule has 2 nitrogen and oxygen atoms in total. The van der Waals surface area contributed by atoms with Gasteiger partial charge in [0.25, 0.3) is 6.29 Å². The van der Waals surface area contributed by atoms with E-state index >= 15 is 0 Å². The number of unbranched alkanes of at least 4 members (excludes halogenated alkanes) is 30. The van der Waals surface area contributed by atoms with Crippen molar-refractivity contribution in [3.63, 3.8) is 0 Å². The Kier molecular flexibility index (Phi) is 35.8. The highest BCUT2D eigenvalue weighted by Gasteiger charge is 2.23. The lowest BCUT2D eigenvalue weighted by Crippen LogP contribution is -2.23. The van der Waals surface area contributed by atoms with E-state index in [2.05, 4.69) is 39.8 Å². The van der Waals surface area contributed by atoms with Crippen LogP contribution in [0.5, 0.6) is 0 Å². The second kappa shape index (κ2) is 37.9. The van der Waals surface area contributed by atoms with Crippen molar-refractivity contribution in [1.82, 2.24) is 0 Å². The molecule has 0 saturated heterocycles. The number of hydrogen-bond acceptors (Lipinski definition) is 4. The molecule has 0 heterocycles. The second-order valence-corrected chi connectivity index (χ2v) is 17.4. The van der Waals surface area contributed by atoms with Gasteiger partial charge in [0.15, 0.2) is 10.1 Å². The van der Waals surface area contributed by atoms with Gasteiger partial charge in [-0.1, -0.05) is 263 Å². The molecule has 0 radical (unpaired) electrons. The molecule has 0 fully saturated rings. The summed E-state index contributed by atoms with van der Waals surface area (Å²) in [6.45, 7) is 9.00. The number of hydrogen-bond donors (Lipinski definition) is 0. The van der Waals surface area contributed by atoms with Crippen molar-refractivity contribution in [2.75, 3.05) is 0 Å². The van der Waals surface area contributed by atoms with Crippen LogP contribution >= 0.6 is 24.4 Å². The van der Waals surface area contributed by atoms with Crippen molar-refractivity contribution in [2.45, 2.75) is 252 Å². The summed E-state index contributed by atoms with van der Waals surface area (Å²) >= 11 is 11.6. The first-order valence-electron chi connectivity index (χ1n) is 23.5. The lowest BCUT2D eigenvalue weighted by Gasteiger charge is -2.25. The molecule has 1 aromatic rings. The minimum atomic E-state index is -0.572. The van der Waals surface area contributed by atoms with Crippen molar-refractivity contribution in [1.29, 1.82) is 0 Å². The molecule has 1 aromatic carbocycles. The molecular weight excluding hydrogens is 685 g/mol. The number of rotatable bonds is 39. The highest BCUT2D eigenvalue weighted by molar-refractivity contribution is 7.80. The molecule has 0 aromatic heterocycles. The fraction of sp³-hybridized carbons (Fsp3) is 0.837. The summed E-state index contributed by atoms with van der Waals surface area (Å²) in [7, 11) is 0. The Bertz CT molecular complexity index is 878. The van der Waals surface area contributed by atoms with Gasteiger partial charge in [-0.3, -0.25) is 0 Å². The summed E-state index contributed by atoms with van der Waals surface area (Å²) in [4.78, 5) is 0. The van der Waals surface area contributed by atoms with E-state index in [1.807, 2.05) is 18.2 Å². The van der Waals surface area contributed by atoms with E-state index in [0.29, 0.717) is 10.1 Å².